The van der Waals surface area contributed by atoms with Crippen molar-refractivity contribution in [3.63, 3.8) is 0 Å². The molecule has 96 heavy (non-hydrogen) atoms. The lowest BCUT2D eigenvalue weighted by Crippen LogP contribution is -2.30. The third-order valence-corrected chi connectivity index (χ3v) is 20.3. The molecule has 0 spiro atoms. The van der Waals surface area contributed by atoms with Gasteiger partial charge in [-0.3, -0.25) is 37.3 Å². The van der Waals surface area contributed by atoms with Crippen LogP contribution >= 0.6 is 15.6 Å². The minimum Gasteiger partial charge on any atom is -0.462 e. The molecule has 0 saturated carbocycles. The molecule has 0 aliphatic heterocycles. The number of carbonyl (C=O) groups is 4. The smallest absolute Gasteiger partial charge is 0.462 e. The number of hydrogen-bond acceptors (Lipinski definition) is 15. The Hall–Kier alpha value is -1.94. The molecule has 6 atom stereocenters. The highest BCUT2D eigenvalue weighted by Gasteiger charge is 2.30. The molecule has 0 aromatic carbocycles. The summed E-state index contributed by atoms with van der Waals surface area (Å²) < 4.78 is 68.6. The van der Waals surface area contributed by atoms with Crippen molar-refractivity contribution in [2.75, 3.05) is 39.6 Å². The third-order valence-electron chi connectivity index (χ3n) is 18.4. The zero-order chi connectivity index (χ0) is 70.5. The maximum Gasteiger partial charge on any atom is 0.472 e. The van der Waals surface area contributed by atoms with Crippen molar-refractivity contribution in [2.45, 2.75) is 425 Å². The molecular formula is C77H150O17P2. The molecule has 0 aromatic rings. The summed E-state index contributed by atoms with van der Waals surface area (Å²) in [5, 5.41) is 10.6. The summed E-state index contributed by atoms with van der Waals surface area (Å²) in [5.41, 5.74) is 0. The van der Waals surface area contributed by atoms with Gasteiger partial charge in [-0.05, 0) is 31.6 Å². The summed E-state index contributed by atoms with van der Waals surface area (Å²) in [6.45, 7) is 7.36. The topological polar surface area (TPSA) is 237 Å². The van der Waals surface area contributed by atoms with Crippen molar-refractivity contribution in [1.82, 2.24) is 0 Å². The van der Waals surface area contributed by atoms with Crippen LogP contribution in [0.2, 0.25) is 0 Å². The number of carbonyl (C=O) groups excluding carboxylic acids is 4. The van der Waals surface area contributed by atoms with E-state index in [1.54, 1.807) is 0 Å². The molecule has 0 heterocycles. The average molecular weight is 1410 g/mol. The second-order valence-corrected chi connectivity index (χ2v) is 30.9. The fourth-order valence-electron chi connectivity index (χ4n) is 11.8. The molecule has 0 amide bonds. The van der Waals surface area contributed by atoms with Crippen molar-refractivity contribution in [3.05, 3.63) is 0 Å². The van der Waals surface area contributed by atoms with E-state index in [1.165, 1.54) is 231 Å². The summed E-state index contributed by atoms with van der Waals surface area (Å²) in [7, 11) is -9.91. The molecule has 19 heteroatoms. The summed E-state index contributed by atoms with van der Waals surface area (Å²) in [6, 6.07) is 0. The molecule has 0 bridgehead atoms. The summed E-state index contributed by atoms with van der Waals surface area (Å²) in [6.07, 6.45) is 59.4. The van der Waals surface area contributed by atoms with Crippen LogP contribution in [-0.2, 0) is 65.4 Å². The van der Waals surface area contributed by atoms with Crippen LogP contribution in [0.1, 0.15) is 407 Å². The normalized spacial score (nSPS) is 14.2. The van der Waals surface area contributed by atoms with E-state index in [1.807, 2.05) is 0 Å². The molecule has 0 radical (unpaired) electrons. The summed E-state index contributed by atoms with van der Waals surface area (Å²) in [5.74, 6) is -1.26. The number of aliphatic hydroxyl groups is 1. The van der Waals surface area contributed by atoms with Gasteiger partial charge in [-0.25, -0.2) is 9.13 Å². The standard InChI is InChI=1S/C77H150O17P2/c1-6-10-13-16-19-22-25-27-28-32-37-41-46-51-56-61-75(80)88-67-73(94-77(82)63-58-53-48-43-38-33-30-29-31-35-39-44-49-54-59-70(5)9-4)69-92-96(85,86)90-65-71(78)64-89-95(83,84)91-68-72(66-87-74(79)60-55-50-45-40-34-24-21-18-15-12-8-3)93-76(81)62-57-52-47-42-36-26-23-20-17-14-11-7-2/h70-73,78H,6-69H2,1-5H3,(H,83,84)(H,85,86)/t70?,71-,72+,73+/m0/s1. The van der Waals surface area contributed by atoms with Crippen LogP contribution in [0.5, 0.6) is 0 Å². The van der Waals surface area contributed by atoms with Gasteiger partial charge in [0.05, 0.1) is 26.4 Å². The fraction of sp³-hybridized carbons (Fsp3) is 0.948. The average Bonchev–Trinajstić information content (AvgIpc) is 1.60. The molecule has 0 aliphatic carbocycles. The predicted octanol–water partition coefficient (Wildman–Crippen LogP) is 22.9. The van der Waals surface area contributed by atoms with Crippen LogP contribution in [0.4, 0.5) is 0 Å². The Morgan fingerprint density at radius 3 is 0.740 bits per heavy atom. The van der Waals surface area contributed by atoms with Gasteiger partial charge < -0.3 is 33.8 Å². The second-order valence-electron chi connectivity index (χ2n) is 28.0. The molecular weight excluding hydrogens is 1260 g/mol. The number of phosphoric acid groups is 2. The van der Waals surface area contributed by atoms with Gasteiger partial charge in [-0.15, -0.1) is 0 Å². The van der Waals surface area contributed by atoms with Crippen molar-refractivity contribution in [2.24, 2.45) is 5.92 Å². The lowest BCUT2D eigenvalue weighted by atomic mass is 9.99. The number of unbranched alkanes of at least 4 members (excludes halogenated alkanes) is 48. The molecule has 0 aromatic heterocycles. The van der Waals surface area contributed by atoms with E-state index in [0.29, 0.717) is 25.7 Å². The number of rotatable bonds is 77. The zero-order valence-electron chi connectivity index (χ0n) is 62.5. The predicted molar refractivity (Wildman–Crippen MR) is 391 cm³/mol. The highest BCUT2D eigenvalue weighted by molar-refractivity contribution is 7.47. The molecule has 3 N–H and O–H groups in total. The van der Waals surface area contributed by atoms with Crippen LogP contribution < -0.4 is 0 Å². The molecule has 17 nitrogen and oxygen atoms in total. The Kier molecular flexibility index (Phi) is 68.7. The maximum atomic E-state index is 13.1. The molecule has 570 valence electrons. The maximum absolute atomic E-state index is 13.1. The molecule has 3 unspecified atom stereocenters. The van der Waals surface area contributed by atoms with E-state index in [2.05, 4.69) is 34.6 Å². The first-order valence-electron chi connectivity index (χ1n) is 40.2. The van der Waals surface area contributed by atoms with E-state index in [0.717, 1.165) is 95.8 Å². The van der Waals surface area contributed by atoms with E-state index in [-0.39, 0.29) is 25.7 Å². The van der Waals surface area contributed by atoms with Crippen molar-refractivity contribution < 1.29 is 80.2 Å². The van der Waals surface area contributed by atoms with Gasteiger partial charge in [-0.2, -0.15) is 0 Å². The molecule has 0 fully saturated rings. The highest BCUT2D eigenvalue weighted by Crippen LogP contribution is 2.45. The number of aliphatic hydroxyl groups excluding tert-OH is 1. The Bertz CT molecular complexity index is 1840. The number of ether oxygens (including phenoxy) is 4. The minimum absolute atomic E-state index is 0.108. The van der Waals surface area contributed by atoms with E-state index < -0.39 is 97.5 Å². The van der Waals surface area contributed by atoms with Crippen molar-refractivity contribution in [1.29, 1.82) is 0 Å². The second kappa shape index (κ2) is 70.1. The van der Waals surface area contributed by atoms with Gasteiger partial charge in [-0.1, -0.05) is 356 Å². The van der Waals surface area contributed by atoms with E-state index in [4.69, 9.17) is 37.0 Å². The van der Waals surface area contributed by atoms with E-state index in [9.17, 15) is 43.2 Å². The quantitative estimate of drug-likeness (QED) is 0.0222. The first-order chi connectivity index (χ1) is 46.6. The molecule has 0 saturated heterocycles. The van der Waals surface area contributed by atoms with Gasteiger partial charge in [0, 0.05) is 25.7 Å². The zero-order valence-corrected chi connectivity index (χ0v) is 64.3. The lowest BCUT2D eigenvalue weighted by Gasteiger charge is -2.21. The van der Waals surface area contributed by atoms with Crippen LogP contribution in [0, 0.1) is 5.92 Å². The van der Waals surface area contributed by atoms with Crippen LogP contribution in [0.25, 0.3) is 0 Å². The monoisotopic (exact) mass is 1410 g/mol. The number of phosphoric ester groups is 2. The Morgan fingerprint density at radius 1 is 0.292 bits per heavy atom. The van der Waals surface area contributed by atoms with Crippen LogP contribution in [-0.4, -0.2) is 96.7 Å². The Morgan fingerprint density at radius 2 is 0.500 bits per heavy atom. The number of esters is 4. The first-order valence-corrected chi connectivity index (χ1v) is 43.2. The van der Waals surface area contributed by atoms with Gasteiger partial charge in [0.25, 0.3) is 0 Å². The minimum atomic E-state index is -4.96. The van der Waals surface area contributed by atoms with Crippen molar-refractivity contribution >= 4 is 39.5 Å². The van der Waals surface area contributed by atoms with Crippen LogP contribution in [0.3, 0.4) is 0 Å². The van der Waals surface area contributed by atoms with Crippen LogP contribution in [0.15, 0.2) is 0 Å². The van der Waals surface area contributed by atoms with Gasteiger partial charge in [0.15, 0.2) is 12.2 Å². The fourth-order valence-corrected chi connectivity index (χ4v) is 13.4. The highest BCUT2D eigenvalue weighted by atomic mass is 31.2. The molecule has 0 rings (SSSR count). The Balaban J connectivity index is 5.24. The van der Waals surface area contributed by atoms with Gasteiger partial charge >= 0.3 is 39.5 Å². The first kappa shape index (κ1) is 94.1. The van der Waals surface area contributed by atoms with E-state index >= 15 is 0 Å². The summed E-state index contributed by atoms with van der Waals surface area (Å²) >= 11 is 0. The van der Waals surface area contributed by atoms with Gasteiger partial charge in [0.1, 0.15) is 19.3 Å². The Labute approximate surface area is 588 Å². The molecule has 0 aliphatic rings. The SMILES string of the molecule is CCCCCCCCCCCCCCCCCC(=O)OC[C@H](COP(=O)(O)OC[C@@H](O)COP(=O)(O)OC[C@@H](COC(=O)CCCCCCCCCCCCC)OC(=O)CCCCCCCCCCCCCC)OC(=O)CCCCCCCCCCCCCCCCC(C)CC. The van der Waals surface area contributed by atoms with Gasteiger partial charge in [0.2, 0.25) is 0 Å². The number of hydrogen-bond donors (Lipinski definition) is 3. The lowest BCUT2D eigenvalue weighted by molar-refractivity contribution is -0.161. The third kappa shape index (κ3) is 69.2. The van der Waals surface area contributed by atoms with Crippen molar-refractivity contribution in [3.8, 4) is 0 Å². The summed E-state index contributed by atoms with van der Waals surface area (Å²) in [4.78, 5) is 72.9. The largest absolute Gasteiger partial charge is 0.472 e.